The van der Waals surface area contributed by atoms with Crippen molar-refractivity contribution in [2.75, 3.05) is 6.54 Å². The standard InChI is InChI=1S/C15H22N4O/c1-4-19-12-8-6-5-7-11(12)18-13(19)9-10-17-14(20)15(2,3)16/h5-8H,4,9-10,16H2,1-3H3,(H,17,20). The Hall–Kier alpha value is -1.88. The molecule has 5 heteroatoms. The Labute approximate surface area is 119 Å². The smallest absolute Gasteiger partial charge is 0.239 e. The van der Waals surface area contributed by atoms with Crippen molar-refractivity contribution in [3.63, 3.8) is 0 Å². The second kappa shape index (κ2) is 5.63. The van der Waals surface area contributed by atoms with E-state index in [1.165, 1.54) is 0 Å². The lowest BCUT2D eigenvalue weighted by Crippen LogP contribution is -2.49. The third-order valence-corrected chi connectivity index (χ3v) is 3.27. The van der Waals surface area contributed by atoms with E-state index in [9.17, 15) is 4.79 Å². The van der Waals surface area contributed by atoms with E-state index < -0.39 is 5.54 Å². The third-order valence-electron chi connectivity index (χ3n) is 3.27. The molecule has 0 spiro atoms. The lowest BCUT2D eigenvalue weighted by atomic mass is 10.1. The van der Waals surface area contributed by atoms with Crippen molar-refractivity contribution in [3.8, 4) is 0 Å². The number of fused-ring (bicyclic) bond motifs is 1. The molecule has 3 N–H and O–H groups in total. The van der Waals surface area contributed by atoms with Crippen molar-refractivity contribution in [2.45, 2.75) is 39.3 Å². The Morgan fingerprint density at radius 3 is 2.75 bits per heavy atom. The molecule has 108 valence electrons. The summed E-state index contributed by atoms with van der Waals surface area (Å²) < 4.78 is 2.18. The van der Waals surface area contributed by atoms with E-state index >= 15 is 0 Å². The van der Waals surface area contributed by atoms with Crippen LogP contribution in [0, 0.1) is 0 Å². The molecule has 0 saturated heterocycles. The number of benzene rings is 1. The molecule has 2 aromatic rings. The van der Waals surface area contributed by atoms with Crippen LogP contribution < -0.4 is 11.1 Å². The van der Waals surface area contributed by atoms with Gasteiger partial charge in [0.1, 0.15) is 5.82 Å². The van der Waals surface area contributed by atoms with Crippen LogP contribution >= 0.6 is 0 Å². The first-order chi connectivity index (χ1) is 9.43. The lowest BCUT2D eigenvalue weighted by molar-refractivity contribution is -0.125. The number of rotatable bonds is 5. The molecule has 0 saturated carbocycles. The average Bonchev–Trinajstić information content (AvgIpc) is 2.74. The highest BCUT2D eigenvalue weighted by atomic mass is 16.2. The fraction of sp³-hybridized carbons (Fsp3) is 0.467. The van der Waals surface area contributed by atoms with E-state index in [1.54, 1.807) is 13.8 Å². The highest BCUT2D eigenvalue weighted by Crippen LogP contribution is 2.16. The molecule has 0 aliphatic rings. The molecule has 2 rings (SSSR count). The number of nitrogens with two attached hydrogens (primary N) is 1. The second-order valence-corrected chi connectivity index (χ2v) is 5.49. The quantitative estimate of drug-likeness (QED) is 0.866. The summed E-state index contributed by atoms with van der Waals surface area (Å²) in [6.45, 7) is 6.90. The normalized spacial score (nSPS) is 11.8. The SMILES string of the molecule is CCn1c(CCNC(=O)C(C)(C)N)nc2ccccc21. The summed E-state index contributed by atoms with van der Waals surface area (Å²) in [5, 5.41) is 2.85. The zero-order valence-corrected chi connectivity index (χ0v) is 12.3. The van der Waals surface area contributed by atoms with E-state index in [4.69, 9.17) is 5.73 Å². The van der Waals surface area contributed by atoms with Crippen molar-refractivity contribution in [2.24, 2.45) is 5.73 Å². The van der Waals surface area contributed by atoms with Gasteiger partial charge in [-0.15, -0.1) is 0 Å². The molecule has 1 heterocycles. The molecular weight excluding hydrogens is 252 g/mol. The number of imidazole rings is 1. The monoisotopic (exact) mass is 274 g/mol. The number of nitrogens with one attached hydrogen (secondary N) is 1. The van der Waals surface area contributed by atoms with E-state index in [0.717, 1.165) is 23.4 Å². The number of aromatic nitrogens is 2. The fourth-order valence-electron chi connectivity index (χ4n) is 2.18. The molecule has 20 heavy (non-hydrogen) atoms. The van der Waals surface area contributed by atoms with Crippen molar-refractivity contribution < 1.29 is 4.79 Å². The van der Waals surface area contributed by atoms with Crippen LogP contribution in [0.5, 0.6) is 0 Å². The van der Waals surface area contributed by atoms with Crippen molar-refractivity contribution >= 4 is 16.9 Å². The molecule has 0 unspecified atom stereocenters. The highest BCUT2D eigenvalue weighted by Gasteiger charge is 2.21. The van der Waals surface area contributed by atoms with E-state index in [2.05, 4.69) is 27.9 Å². The Morgan fingerprint density at radius 1 is 1.40 bits per heavy atom. The average molecular weight is 274 g/mol. The van der Waals surface area contributed by atoms with Gasteiger partial charge in [0.15, 0.2) is 0 Å². The first-order valence-corrected chi connectivity index (χ1v) is 6.95. The van der Waals surface area contributed by atoms with E-state index in [-0.39, 0.29) is 5.91 Å². The summed E-state index contributed by atoms with van der Waals surface area (Å²) >= 11 is 0. The van der Waals surface area contributed by atoms with Crippen molar-refractivity contribution in [1.29, 1.82) is 0 Å². The van der Waals surface area contributed by atoms with Crippen molar-refractivity contribution in [3.05, 3.63) is 30.1 Å². The van der Waals surface area contributed by atoms with Gasteiger partial charge in [0.2, 0.25) is 5.91 Å². The number of para-hydroxylation sites is 2. The van der Waals surface area contributed by atoms with Gasteiger partial charge in [0.05, 0.1) is 16.6 Å². The predicted molar refractivity (Wildman–Crippen MR) is 80.4 cm³/mol. The van der Waals surface area contributed by atoms with Gasteiger partial charge in [-0.05, 0) is 32.9 Å². The van der Waals surface area contributed by atoms with Crippen LogP contribution in [0.4, 0.5) is 0 Å². The molecule has 1 amide bonds. The third kappa shape index (κ3) is 2.99. The zero-order chi connectivity index (χ0) is 14.8. The number of aryl methyl sites for hydroxylation is 1. The van der Waals surface area contributed by atoms with Crippen LogP contribution in [-0.4, -0.2) is 27.5 Å². The van der Waals surface area contributed by atoms with Crippen LogP contribution in [0.15, 0.2) is 24.3 Å². The Bertz CT molecular complexity index is 610. The molecule has 0 aliphatic carbocycles. The fourth-order valence-corrected chi connectivity index (χ4v) is 2.18. The molecule has 0 atom stereocenters. The number of nitrogens with zero attached hydrogens (tertiary/aromatic N) is 2. The Balaban J connectivity index is 2.08. The van der Waals surface area contributed by atoms with Gasteiger partial charge in [0.25, 0.3) is 0 Å². The molecule has 0 bridgehead atoms. The number of hydrogen-bond donors (Lipinski definition) is 2. The largest absolute Gasteiger partial charge is 0.354 e. The van der Waals surface area contributed by atoms with Gasteiger partial charge in [-0.2, -0.15) is 0 Å². The van der Waals surface area contributed by atoms with Gasteiger partial charge < -0.3 is 15.6 Å². The van der Waals surface area contributed by atoms with Crippen LogP contribution in [-0.2, 0) is 17.8 Å². The second-order valence-electron chi connectivity index (χ2n) is 5.49. The molecule has 0 aliphatic heterocycles. The van der Waals surface area contributed by atoms with Gasteiger partial charge >= 0.3 is 0 Å². The van der Waals surface area contributed by atoms with Gasteiger partial charge in [-0.1, -0.05) is 12.1 Å². The minimum absolute atomic E-state index is 0.142. The Kier molecular flexibility index (Phi) is 4.09. The topological polar surface area (TPSA) is 72.9 Å². The highest BCUT2D eigenvalue weighted by molar-refractivity contribution is 5.85. The first kappa shape index (κ1) is 14.5. The molecule has 1 aromatic heterocycles. The maximum atomic E-state index is 11.7. The molecule has 0 fully saturated rings. The molecule has 5 nitrogen and oxygen atoms in total. The maximum Gasteiger partial charge on any atom is 0.239 e. The van der Waals surface area contributed by atoms with Crippen LogP contribution in [0.1, 0.15) is 26.6 Å². The summed E-state index contributed by atoms with van der Waals surface area (Å²) in [6.07, 6.45) is 0.699. The molecule has 0 radical (unpaired) electrons. The van der Waals surface area contributed by atoms with Crippen LogP contribution in [0.2, 0.25) is 0 Å². The van der Waals surface area contributed by atoms with E-state index in [1.807, 2.05) is 18.2 Å². The minimum atomic E-state index is -0.842. The molecular formula is C15H22N4O. The summed E-state index contributed by atoms with van der Waals surface area (Å²) in [5.74, 6) is 0.848. The van der Waals surface area contributed by atoms with E-state index in [0.29, 0.717) is 13.0 Å². The number of carbonyl (C=O) groups is 1. The number of hydrogen-bond acceptors (Lipinski definition) is 3. The van der Waals surface area contributed by atoms with Gasteiger partial charge in [-0.3, -0.25) is 4.79 Å². The van der Waals surface area contributed by atoms with Crippen molar-refractivity contribution in [1.82, 2.24) is 14.9 Å². The van der Waals surface area contributed by atoms with Gasteiger partial charge in [0, 0.05) is 19.5 Å². The summed E-state index contributed by atoms with van der Waals surface area (Å²) in [7, 11) is 0. The van der Waals surface area contributed by atoms with Gasteiger partial charge in [-0.25, -0.2) is 4.98 Å². The van der Waals surface area contributed by atoms with Crippen LogP contribution in [0.3, 0.4) is 0 Å². The first-order valence-electron chi connectivity index (χ1n) is 6.95. The summed E-state index contributed by atoms with van der Waals surface area (Å²) in [4.78, 5) is 16.3. The van der Waals surface area contributed by atoms with Crippen LogP contribution in [0.25, 0.3) is 11.0 Å². The zero-order valence-electron chi connectivity index (χ0n) is 12.3. The summed E-state index contributed by atoms with van der Waals surface area (Å²) in [5.41, 5.74) is 7.03. The number of amides is 1. The minimum Gasteiger partial charge on any atom is -0.354 e. The molecule has 1 aromatic carbocycles. The lowest BCUT2D eigenvalue weighted by Gasteiger charge is -2.17. The summed E-state index contributed by atoms with van der Waals surface area (Å²) in [6, 6.07) is 8.07. The number of carbonyl (C=O) groups excluding carboxylic acids is 1. The maximum absolute atomic E-state index is 11.7. The Morgan fingerprint density at radius 2 is 2.10 bits per heavy atom. The predicted octanol–water partition coefficient (Wildman–Crippen LogP) is 1.45.